The molecule has 2 atom stereocenters. The van der Waals surface area contributed by atoms with Crippen LogP contribution in [0, 0.1) is 5.92 Å². The molecule has 0 bridgehead atoms. The van der Waals surface area contributed by atoms with E-state index in [1.165, 1.54) is 0 Å². The summed E-state index contributed by atoms with van der Waals surface area (Å²) >= 11 is 0. The normalized spacial score (nSPS) is 24.2. The van der Waals surface area contributed by atoms with E-state index in [9.17, 15) is 4.79 Å². The molecule has 2 N–H and O–H groups in total. The van der Waals surface area contributed by atoms with Crippen LogP contribution in [-0.4, -0.2) is 30.3 Å². The van der Waals surface area contributed by atoms with Gasteiger partial charge in [0.2, 0.25) is 0 Å². The first-order chi connectivity index (χ1) is 7.77. The lowest BCUT2D eigenvalue weighted by Crippen LogP contribution is -2.36. The van der Waals surface area contributed by atoms with E-state index in [4.69, 9.17) is 9.84 Å². The van der Waals surface area contributed by atoms with Crippen molar-refractivity contribution in [2.75, 3.05) is 13.2 Å². The standard InChI is InChI=1S/C12H15NO3/c14-12(15)10-6-7-13-11(10)8-16-9-4-2-1-3-5-9/h1-5,10-11,13H,6-8H2,(H,14,15). The number of para-hydroxylation sites is 1. The van der Waals surface area contributed by atoms with Gasteiger partial charge in [0.1, 0.15) is 12.4 Å². The summed E-state index contributed by atoms with van der Waals surface area (Å²) in [5.41, 5.74) is 0. The monoisotopic (exact) mass is 221 g/mol. The Hall–Kier alpha value is -1.55. The summed E-state index contributed by atoms with van der Waals surface area (Å²) in [6, 6.07) is 9.35. The summed E-state index contributed by atoms with van der Waals surface area (Å²) < 4.78 is 5.54. The van der Waals surface area contributed by atoms with E-state index in [0.717, 1.165) is 12.3 Å². The van der Waals surface area contributed by atoms with Crippen LogP contribution in [-0.2, 0) is 4.79 Å². The molecule has 1 aromatic carbocycles. The maximum atomic E-state index is 10.9. The highest BCUT2D eigenvalue weighted by Crippen LogP contribution is 2.17. The zero-order chi connectivity index (χ0) is 11.4. The summed E-state index contributed by atoms with van der Waals surface area (Å²) in [4.78, 5) is 10.9. The highest BCUT2D eigenvalue weighted by molar-refractivity contribution is 5.71. The summed E-state index contributed by atoms with van der Waals surface area (Å²) in [6.45, 7) is 1.15. The third-order valence-electron chi connectivity index (χ3n) is 2.84. The predicted octanol–water partition coefficient (Wildman–Crippen LogP) is 1.13. The quantitative estimate of drug-likeness (QED) is 0.800. The number of aliphatic carboxylic acids is 1. The van der Waals surface area contributed by atoms with Gasteiger partial charge in [-0.3, -0.25) is 4.79 Å². The van der Waals surface area contributed by atoms with Crippen LogP contribution in [0.15, 0.2) is 30.3 Å². The molecule has 16 heavy (non-hydrogen) atoms. The van der Waals surface area contributed by atoms with Crippen LogP contribution >= 0.6 is 0 Å². The number of hydrogen-bond donors (Lipinski definition) is 2. The topological polar surface area (TPSA) is 58.6 Å². The van der Waals surface area contributed by atoms with Crippen LogP contribution in [0.25, 0.3) is 0 Å². The van der Waals surface area contributed by atoms with Crippen LogP contribution in [0.3, 0.4) is 0 Å². The summed E-state index contributed by atoms with van der Waals surface area (Å²) in [7, 11) is 0. The molecule has 1 fully saturated rings. The average molecular weight is 221 g/mol. The average Bonchev–Trinajstić information content (AvgIpc) is 2.76. The van der Waals surface area contributed by atoms with E-state index in [2.05, 4.69) is 5.32 Å². The fourth-order valence-electron chi connectivity index (χ4n) is 1.94. The molecule has 4 nitrogen and oxygen atoms in total. The van der Waals surface area contributed by atoms with Gasteiger partial charge in [-0.1, -0.05) is 18.2 Å². The maximum Gasteiger partial charge on any atom is 0.308 e. The van der Waals surface area contributed by atoms with Crippen molar-refractivity contribution >= 4 is 5.97 Å². The van der Waals surface area contributed by atoms with Crippen molar-refractivity contribution in [2.24, 2.45) is 5.92 Å². The molecule has 0 aliphatic carbocycles. The van der Waals surface area contributed by atoms with Crippen molar-refractivity contribution in [2.45, 2.75) is 12.5 Å². The van der Waals surface area contributed by atoms with E-state index in [1.807, 2.05) is 30.3 Å². The second kappa shape index (κ2) is 4.99. The molecule has 1 aromatic rings. The van der Waals surface area contributed by atoms with Crippen molar-refractivity contribution in [3.63, 3.8) is 0 Å². The van der Waals surface area contributed by atoms with Gasteiger partial charge in [-0.2, -0.15) is 0 Å². The van der Waals surface area contributed by atoms with Gasteiger partial charge in [-0.05, 0) is 25.1 Å². The van der Waals surface area contributed by atoms with Gasteiger partial charge in [0.25, 0.3) is 0 Å². The highest BCUT2D eigenvalue weighted by Gasteiger charge is 2.32. The van der Waals surface area contributed by atoms with E-state index in [1.54, 1.807) is 0 Å². The van der Waals surface area contributed by atoms with Crippen LogP contribution < -0.4 is 10.1 Å². The number of nitrogens with one attached hydrogen (secondary N) is 1. The van der Waals surface area contributed by atoms with Crippen molar-refractivity contribution in [3.05, 3.63) is 30.3 Å². The Balaban J connectivity index is 1.88. The van der Waals surface area contributed by atoms with Crippen LogP contribution in [0.5, 0.6) is 5.75 Å². The molecule has 2 rings (SSSR count). The fourth-order valence-corrected chi connectivity index (χ4v) is 1.94. The summed E-state index contributed by atoms with van der Waals surface area (Å²) in [5, 5.41) is 12.1. The van der Waals surface area contributed by atoms with Gasteiger partial charge in [0.15, 0.2) is 0 Å². The molecule has 86 valence electrons. The Morgan fingerprint density at radius 2 is 2.19 bits per heavy atom. The van der Waals surface area contributed by atoms with E-state index >= 15 is 0 Å². The number of carboxylic acid groups (broad SMARTS) is 1. The van der Waals surface area contributed by atoms with Gasteiger partial charge in [0, 0.05) is 0 Å². The molecule has 0 spiro atoms. The summed E-state index contributed by atoms with van der Waals surface area (Å²) in [5.74, 6) is -0.296. The zero-order valence-electron chi connectivity index (χ0n) is 8.93. The van der Waals surface area contributed by atoms with E-state index in [-0.39, 0.29) is 12.0 Å². The largest absolute Gasteiger partial charge is 0.492 e. The Kier molecular flexibility index (Phi) is 3.41. The Morgan fingerprint density at radius 3 is 2.88 bits per heavy atom. The molecular formula is C12H15NO3. The fraction of sp³-hybridized carbons (Fsp3) is 0.417. The number of rotatable bonds is 4. The minimum atomic E-state index is -0.744. The highest BCUT2D eigenvalue weighted by atomic mass is 16.5. The van der Waals surface area contributed by atoms with Crippen molar-refractivity contribution in [3.8, 4) is 5.75 Å². The molecular weight excluding hydrogens is 206 g/mol. The third-order valence-corrected chi connectivity index (χ3v) is 2.84. The third kappa shape index (κ3) is 2.52. The van der Waals surface area contributed by atoms with E-state index < -0.39 is 5.97 Å². The second-order valence-electron chi connectivity index (χ2n) is 3.92. The molecule has 0 amide bonds. The second-order valence-corrected chi connectivity index (χ2v) is 3.92. The molecule has 1 saturated heterocycles. The molecule has 2 unspecified atom stereocenters. The Morgan fingerprint density at radius 1 is 1.44 bits per heavy atom. The minimum Gasteiger partial charge on any atom is -0.492 e. The van der Waals surface area contributed by atoms with Gasteiger partial charge < -0.3 is 15.2 Å². The zero-order valence-corrected chi connectivity index (χ0v) is 8.93. The van der Waals surface area contributed by atoms with Gasteiger partial charge in [0.05, 0.1) is 12.0 Å². The number of carbonyl (C=O) groups is 1. The van der Waals surface area contributed by atoms with Crippen molar-refractivity contribution in [1.29, 1.82) is 0 Å². The predicted molar refractivity (Wildman–Crippen MR) is 59.5 cm³/mol. The molecule has 4 heteroatoms. The number of benzene rings is 1. The van der Waals surface area contributed by atoms with Crippen LogP contribution in [0.1, 0.15) is 6.42 Å². The van der Waals surface area contributed by atoms with Crippen molar-refractivity contribution < 1.29 is 14.6 Å². The summed E-state index contributed by atoms with van der Waals surface area (Å²) in [6.07, 6.45) is 0.679. The SMILES string of the molecule is O=C(O)C1CCNC1COc1ccccc1. The first-order valence-corrected chi connectivity index (χ1v) is 5.41. The molecule has 0 saturated carbocycles. The lowest BCUT2D eigenvalue weighted by Gasteiger charge is -2.16. The Bertz CT molecular complexity index is 353. The van der Waals surface area contributed by atoms with Gasteiger partial charge in [-0.15, -0.1) is 0 Å². The van der Waals surface area contributed by atoms with Crippen LogP contribution in [0.2, 0.25) is 0 Å². The first-order valence-electron chi connectivity index (χ1n) is 5.41. The van der Waals surface area contributed by atoms with Gasteiger partial charge in [-0.25, -0.2) is 0 Å². The van der Waals surface area contributed by atoms with Gasteiger partial charge >= 0.3 is 5.97 Å². The number of hydrogen-bond acceptors (Lipinski definition) is 3. The van der Waals surface area contributed by atoms with E-state index in [0.29, 0.717) is 13.0 Å². The smallest absolute Gasteiger partial charge is 0.308 e. The first kappa shape index (κ1) is 11.0. The lowest BCUT2D eigenvalue weighted by molar-refractivity contribution is -0.142. The number of carboxylic acids is 1. The molecule has 1 aliphatic rings. The lowest BCUT2D eigenvalue weighted by atomic mass is 10.0. The Labute approximate surface area is 94.2 Å². The number of ether oxygens (including phenoxy) is 1. The molecule has 1 aliphatic heterocycles. The molecule has 0 aromatic heterocycles. The molecule has 1 heterocycles. The minimum absolute atomic E-state index is 0.0855. The molecule has 0 radical (unpaired) electrons. The van der Waals surface area contributed by atoms with Crippen molar-refractivity contribution in [1.82, 2.24) is 5.32 Å². The maximum absolute atomic E-state index is 10.9. The van der Waals surface area contributed by atoms with Crippen LogP contribution in [0.4, 0.5) is 0 Å².